The zero-order chi connectivity index (χ0) is 19.8. The number of hydrogen-bond donors (Lipinski definition) is 2. The van der Waals surface area contributed by atoms with E-state index in [4.69, 9.17) is 9.73 Å². The van der Waals surface area contributed by atoms with Crippen molar-refractivity contribution < 1.29 is 9.53 Å². The fraction of sp³-hybridized carbons (Fsp3) is 0.619. The molecule has 0 spiro atoms. The van der Waals surface area contributed by atoms with E-state index in [-0.39, 0.29) is 5.91 Å². The molecule has 0 radical (unpaired) electrons. The first-order valence-corrected chi connectivity index (χ1v) is 10.4. The van der Waals surface area contributed by atoms with E-state index in [1.165, 1.54) is 0 Å². The molecule has 0 bridgehead atoms. The van der Waals surface area contributed by atoms with Gasteiger partial charge in [0.15, 0.2) is 5.96 Å². The van der Waals surface area contributed by atoms with Crippen LogP contribution in [0.3, 0.4) is 0 Å². The van der Waals surface area contributed by atoms with Crippen molar-refractivity contribution in [2.75, 3.05) is 51.3 Å². The Morgan fingerprint density at radius 1 is 1.32 bits per heavy atom. The third-order valence-electron chi connectivity index (χ3n) is 5.33. The van der Waals surface area contributed by atoms with Crippen LogP contribution in [-0.4, -0.2) is 69.2 Å². The van der Waals surface area contributed by atoms with Crippen LogP contribution in [0, 0.1) is 0 Å². The average molecular weight is 388 g/mol. The van der Waals surface area contributed by atoms with Gasteiger partial charge in [-0.05, 0) is 38.3 Å². The number of aliphatic imine (C=N–C) groups is 1. The number of rotatable bonds is 8. The molecule has 7 nitrogen and oxygen atoms in total. The molecule has 1 amide bonds. The second-order valence-corrected chi connectivity index (χ2v) is 7.35. The molecular weight excluding hydrogens is 354 g/mol. The molecule has 1 aromatic rings. The predicted octanol–water partition coefficient (Wildman–Crippen LogP) is 1.84. The summed E-state index contributed by atoms with van der Waals surface area (Å²) >= 11 is 0. The lowest BCUT2D eigenvalue weighted by Gasteiger charge is -2.22. The van der Waals surface area contributed by atoms with Gasteiger partial charge in [-0.2, -0.15) is 0 Å². The number of carbonyl (C=O) groups is 1. The fourth-order valence-electron chi connectivity index (χ4n) is 3.89. The highest BCUT2D eigenvalue weighted by molar-refractivity contribution is 5.80. The van der Waals surface area contributed by atoms with Gasteiger partial charge >= 0.3 is 0 Å². The van der Waals surface area contributed by atoms with Crippen molar-refractivity contribution in [1.29, 1.82) is 0 Å². The van der Waals surface area contributed by atoms with Crippen molar-refractivity contribution in [3.8, 4) is 5.75 Å². The van der Waals surface area contributed by atoms with E-state index in [1.807, 2.05) is 17.0 Å². The molecule has 2 heterocycles. The van der Waals surface area contributed by atoms with Gasteiger partial charge in [-0.3, -0.25) is 9.79 Å². The Bertz CT molecular complexity index is 679. The first-order valence-electron chi connectivity index (χ1n) is 10.4. The topological polar surface area (TPSA) is 69.2 Å². The maximum atomic E-state index is 11.7. The zero-order valence-electron chi connectivity index (χ0n) is 17.1. The van der Waals surface area contributed by atoms with Crippen LogP contribution in [0.4, 0.5) is 5.69 Å². The standard InChI is InChI=1S/C21H33N5O2/c1-3-22-21(23-12-7-14-25-13-6-10-20(25)27)24-17-11-15-26(16-17)18-8-4-5-9-19(18)28-2/h4-5,8-9,17H,3,6-7,10-16H2,1-2H3,(H2,22,23,24). The largest absolute Gasteiger partial charge is 0.495 e. The first kappa shape index (κ1) is 20.3. The minimum absolute atomic E-state index is 0.288. The lowest BCUT2D eigenvalue weighted by molar-refractivity contribution is -0.127. The van der Waals surface area contributed by atoms with Crippen molar-refractivity contribution in [2.45, 2.75) is 38.6 Å². The van der Waals surface area contributed by atoms with Crippen LogP contribution in [-0.2, 0) is 4.79 Å². The Labute approximate surface area is 168 Å². The molecule has 3 rings (SSSR count). The number of nitrogens with one attached hydrogen (secondary N) is 2. The van der Waals surface area contributed by atoms with Gasteiger partial charge in [0, 0.05) is 51.7 Å². The van der Waals surface area contributed by atoms with Gasteiger partial charge in [0.05, 0.1) is 12.8 Å². The van der Waals surface area contributed by atoms with Crippen LogP contribution >= 0.6 is 0 Å². The molecular formula is C21H33N5O2. The van der Waals surface area contributed by atoms with E-state index < -0.39 is 0 Å². The van der Waals surface area contributed by atoms with E-state index in [0.717, 1.165) is 75.9 Å². The predicted molar refractivity (Wildman–Crippen MR) is 113 cm³/mol. The molecule has 1 atom stereocenters. The molecule has 2 saturated heterocycles. The lowest BCUT2D eigenvalue weighted by Crippen LogP contribution is -2.44. The van der Waals surface area contributed by atoms with Crippen LogP contribution in [0.1, 0.15) is 32.6 Å². The van der Waals surface area contributed by atoms with Gasteiger partial charge in [-0.15, -0.1) is 0 Å². The summed E-state index contributed by atoms with van der Waals surface area (Å²) in [6.07, 6.45) is 3.67. The van der Waals surface area contributed by atoms with Crippen molar-refractivity contribution in [3.05, 3.63) is 24.3 Å². The Morgan fingerprint density at radius 2 is 2.18 bits per heavy atom. The van der Waals surface area contributed by atoms with Crippen LogP contribution in [0.5, 0.6) is 5.75 Å². The Morgan fingerprint density at radius 3 is 2.93 bits per heavy atom. The smallest absolute Gasteiger partial charge is 0.222 e. The number of ether oxygens (including phenoxy) is 1. The normalized spacial score (nSPS) is 20.0. The molecule has 28 heavy (non-hydrogen) atoms. The number of benzene rings is 1. The summed E-state index contributed by atoms with van der Waals surface area (Å²) in [6, 6.07) is 8.52. The quantitative estimate of drug-likeness (QED) is 0.405. The third-order valence-corrected chi connectivity index (χ3v) is 5.33. The Balaban J connectivity index is 1.49. The van der Waals surface area contributed by atoms with Gasteiger partial charge in [0.25, 0.3) is 0 Å². The molecule has 2 aliphatic heterocycles. The lowest BCUT2D eigenvalue weighted by atomic mass is 10.2. The van der Waals surface area contributed by atoms with Crippen molar-refractivity contribution in [3.63, 3.8) is 0 Å². The second-order valence-electron chi connectivity index (χ2n) is 7.35. The van der Waals surface area contributed by atoms with Crippen molar-refractivity contribution in [2.24, 2.45) is 4.99 Å². The van der Waals surface area contributed by atoms with Crippen molar-refractivity contribution >= 4 is 17.6 Å². The van der Waals surface area contributed by atoms with Gasteiger partial charge in [-0.25, -0.2) is 0 Å². The van der Waals surface area contributed by atoms with Gasteiger partial charge < -0.3 is 25.2 Å². The number of carbonyl (C=O) groups excluding carboxylic acids is 1. The second kappa shape index (κ2) is 10.2. The summed E-state index contributed by atoms with van der Waals surface area (Å²) in [5.74, 6) is 2.07. The number of guanidine groups is 1. The van der Waals surface area contributed by atoms with E-state index in [9.17, 15) is 4.79 Å². The summed E-state index contributed by atoms with van der Waals surface area (Å²) in [6.45, 7) is 7.27. The molecule has 1 unspecified atom stereocenters. The fourth-order valence-corrected chi connectivity index (χ4v) is 3.89. The monoisotopic (exact) mass is 387 g/mol. The molecule has 0 aromatic heterocycles. The number of methoxy groups -OCH3 is 1. The number of hydrogen-bond acceptors (Lipinski definition) is 4. The maximum absolute atomic E-state index is 11.7. The van der Waals surface area contributed by atoms with Gasteiger partial charge in [0.1, 0.15) is 5.75 Å². The Hall–Kier alpha value is -2.44. The summed E-state index contributed by atoms with van der Waals surface area (Å²) in [5.41, 5.74) is 1.14. The molecule has 2 aliphatic rings. The van der Waals surface area contributed by atoms with Gasteiger partial charge in [0.2, 0.25) is 5.91 Å². The molecule has 0 aliphatic carbocycles. The summed E-state index contributed by atoms with van der Waals surface area (Å²) < 4.78 is 5.50. The molecule has 0 saturated carbocycles. The number of amides is 1. The molecule has 7 heteroatoms. The van der Waals surface area contributed by atoms with Crippen LogP contribution in [0.2, 0.25) is 0 Å². The van der Waals surface area contributed by atoms with Crippen LogP contribution < -0.4 is 20.3 Å². The summed E-state index contributed by atoms with van der Waals surface area (Å²) in [4.78, 5) is 20.7. The van der Waals surface area contributed by atoms with E-state index in [1.54, 1.807) is 7.11 Å². The minimum atomic E-state index is 0.288. The number of para-hydroxylation sites is 2. The highest BCUT2D eigenvalue weighted by Crippen LogP contribution is 2.30. The highest BCUT2D eigenvalue weighted by Gasteiger charge is 2.25. The van der Waals surface area contributed by atoms with E-state index in [2.05, 4.69) is 34.6 Å². The summed E-state index contributed by atoms with van der Waals surface area (Å²) in [5, 5.41) is 6.91. The average Bonchev–Trinajstić information content (AvgIpc) is 3.34. The third kappa shape index (κ3) is 5.30. The zero-order valence-corrected chi connectivity index (χ0v) is 17.1. The summed E-state index contributed by atoms with van der Waals surface area (Å²) in [7, 11) is 1.72. The first-order chi connectivity index (χ1) is 13.7. The van der Waals surface area contributed by atoms with Gasteiger partial charge in [-0.1, -0.05) is 12.1 Å². The molecule has 154 valence electrons. The van der Waals surface area contributed by atoms with E-state index >= 15 is 0 Å². The SMILES string of the molecule is CCNC(=NCCCN1CCCC1=O)NC1CCN(c2ccccc2OC)C1. The van der Waals surface area contributed by atoms with Crippen LogP contribution in [0.25, 0.3) is 0 Å². The number of nitrogens with zero attached hydrogens (tertiary/aromatic N) is 3. The molecule has 2 N–H and O–H groups in total. The molecule has 2 fully saturated rings. The number of likely N-dealkylation sites (tertiary alicyclic amines) is 1. The van der Waals surface area contributed by atoms with E-state index in [0.29, 0.717) is 12.5 Å². The Kier molecular flexibility index (Phi) is 7.39. The van der Waals surface area contributed by atoms with Crippen molar-refractivity contribution in [1.82, 2.24) is 15.5 Å². The minimum Gasteiger partial charge on any atom is -0.495 e. The highest BCUT2D eigenvalue weighted by atomic mass is 16.5. The molecule has 1 aromatic carbocycles. The van der Waals surface area contributed by atoms with Crippen LogP contribution in [0.15, 0.2) is 29.3 Å². The number of anilines is 1. The maximum Gasteiger partial charge on any atom is 0.222 e.